The van der Waals surface area contributed by atoms with Gasteiger partial charge in [0.25, 0.3) is 0 Å². The minimum atomic E-state index is -0.747. The highest BCUT2D eigenvalue weighted by atomic mass is 16.6. The second-order valence-electron chi connectivity index (χ2n) is 12.0. The Labute approximate surface area is 293 Å². The molecule has 1 heterocycles. The summed E-state index contributed by atoms with van der Waals surface area (Å²) >= 11 is 0. The van der Waals surface area contributed by atoms with E-state index < -0.39 is 23.3 Å². The summed E-state index contributed by atoms with van der Waals surface area (Å²) in [5.41, 5.74) is 1.09. The third-order valence-corrected chi connectivity index (χ3v) is 6.78. The number of hydrogen-bond acceptors (Lipinski definition) is 12. The van der Waals surface area contributed by atoms with Crippen molar-refractivity contribution in [2.45, 2.75) is 90.2 Å². The molecule has 1 aliphatic heterocycles. The molecule has 3 rings (SSSR count). The third kappa shape index (κ3) is 18.8. The number of methoxy groups -OCH3 is 2. The van der Waals surface area contributed by atoms with E-state index in [-0.39, 0.29) is 37.7 Å². The molecule has 0 aliphatic carbocycles. The van der Waals surface area contributed by atoms with Crippen LogP contribution in [-0.4, -0.2) is 72.7 Å². The van der Waals surface area contributed by atoms with Gasteiger partial charge in [-0.15, -0.1) is 6.58 Å². The summed E-state index contributed by atoms with van der Waals surface area (Å²) in [5, 5.41) is 20.7. The van der Waals surface area contributed by atoms with Crippen molar-refractivity contribution in [2.75, 3.05) is 14.2 Å². The number of carbonyl (C=O) groups excluding carboxylic acids is 4. The predicted octanol–water partition coefficient (Wildman–Crippen LogP) is 6.07. The largest absolute Gasteiger partial charge is 0.469 e. The zero-order valence-electron chi connectivity index (χ0n) is 29.7. The Kier molecular flexibility index (Phi) is 19.6. The predicted molar refractivity (Wildman–Crippen MR) is 188 cm³/mol. The summed E-state index contributed by atoms with van der Waals surface area (Å²) in [5.74, 6) is -0.455. The number of ether oxygens (including phenoxy) is 4. The van der Waals surface area contributed by atoms with Crippen LogP contribution in [0.1, 0.15) is 70.9 Å². The van der Waals surface area contributed by atoms with Crippen LogP contribution in [-0.2, 0) is 46.6 Å². The number of oxime groups is 2. The minimum Gasteiger partial charge on any atom is -0.469 e. The molecule has 0 saturated heterocycles. The number of nitrogens with zero attached hydrogens (tertiary/aromatic N) is 2. The first-order chi connectivity index (χ1) is 23.7. The van der Waals surface area contributed by atoms with Gasteiger partial charge >= 0.3 is 24.1 Å². The van der Waals surface area contributed by atoms with Crippen molar-refractivity contribution in [3.05, 3.63) is 84.4 Å². The number of allylic oxidation sites excluding steroid dienone is 1. The van der Waals surface area contributed by atoms with E-state index >= 15 is 0 Å². The van der Waals surface area contributed by atoms with E-state index in [1.807, 2.05) is 74.5 Å². The number of hydrogen-bond donors (Lipinski definition) is 3. The molecule has 0 fully saturated rings. The highest BCUT2D eigenvalue weighted by Crippen LogP contribution is 2.22. The molecular formula is C36H50N4O10. The number of esters is 2. The number of amides is 2. The summed E-state index contributed by atoms with van der Waals surface area (Å²) in [6.07, 6.45) is 4.14. The Hall–Kier alpha value is -5.40. The molecule has 2 amide bonds. The van der Waals surface area contributed by atoms with E-state index in [9.17, 15) is 19.2 Å². The van der Waals surface area contributed by atoms with Crippen LogP contribution in [0.3, 0.4) is 0 Å². The molecule has 50 heavy (non-hydrogen) atoms. The van der Waals surface area contributed by atoms with Gasteiger partial charge in [0.2, 0.25) is 0 Å². The van der Waals surface area contributed by atoms with Crippen LogP contribution in [0.4, 0.5) is 9.59 Å². The van der Waals surface area contributed by atoms with Crippen LogP contribution < -0.4 is 10.6 Å². The fraction of sp³-hybridized carbons (Fsp3) is 0.444. The van der Waals surface area contributed by atoms with Gasteiger partial charge in [-0.2, -0.15) is 0 Å². The Morgan fingerprint density at radius 3 is 1.86 bits per heavy atom. The number of alkyl carbamates (subject to hydrolysis) is 2. The third-order valence-electron chi connectivity index (χ3n) is 6.78. The van der Waals surface area contributed by atoms with Crippen molar-refractivity contribution in [2.24, 2.45) is 10.3 Å². The molecule has 1 aliphatic rings. The van der Waals surface area contributed by atoms with E-state index in [2.05, 4.69) is 37.0 Å². The molecule has 0 radical (unpaired) electrons. The molecule has 14 nitrogen and oxygen atoms in total. The van der Waals surface area contributed by atoms with Crippen molar-refractivity contribution in [1.82, 2.24) is 10.6 Å². The summed E-state index contributed by atoms with van der Waals surface area (Å²) in [6.45, 7) is 10.9. The smallest absolute Gasteiger partial charge is 0.408 e. The van der Waals surface area contributed by atoms with Gasteiger partial charge in [0.05, 0.1) is 37.2 Å². The van der Waals surface area contributed by atoms with E-state index in [1.54, 1.807) is 19.9 Å². The second kappa shape index (κ2) is 23.0. The SMILES string of the molecule is C=CCCC(=O)OC.CC(C)(/C=N/O)NC(=O)OCc1ccccc1.COC(=O)CCC1CC(C(C)(C)NC(=O)OCc2ccccc2)=NO1. The average Bonchev–Trinajstić information content (AvgIpc) is 3.59. The van der Waals surface area contributed by atoms with Crippen molar-refractivity contribution in [3.8, 4) is 0 Å². The van der Waals surface area contributed by atoms with Crippen molar-refractivity contribution < 1.29 is 48.2 Å². The fourth-order valence-electron chi connectivity index (χ4n) is 3.94. The lowest BCUT2D eigenvalue weighted by Crippen LogP contribution is -2.49. The van der Waals surface area contributed by atoms with Crippen LogP contribution in [0.25, 0.3) is 0 Å². The van der Waals surface area contributed by atoms with Gasteiger partial charge < -0.3 is 39.6 Å². The average molecular weight is 699 g/mol. The molecule has 0 aromatic heterocycles. The van der Waals surface area contributed by atoms with Crippen molar-refractivity contribution in [3.63, 3.8) is 0 Å². The minimum absolute atomic E-state index is 0.176. The lowest BCUT2D eigenvalue weighted by atomic mass is 9.93. The maximum absolute atomic E-state index is 12.0. The van der Waals surface area contributed by atoms with Crippen molar-refractivity contribution >= 4 is 36.1 Å². The van der Waals surface area contributed by atoms with E-state index in [1.165, 1.54) is 20.4 Å². The zero-order valence-corrected chi connectivity index (χ0v) is 29.7. The quantitative estimate of drug-likeness (QED) is 0.0523. The van der Waals surface area contributed by atoms with E-state index in [0.29, 0.717) is 31.4 Å². The van der Waals surface area contributed by atoms with Gasteiger partial charge in [-0.25, -0.2) is 9.59 Å². The first-order valence-electron chi connectivity index (χ1n) is 15.9. The zero-order chi connectivity index (χ0) is 37.4. The van der Waals surface area contributed by atoms with Crippen LogP contribution in [0.15, 0.2) is 83.6 Å². The van der Waals surface area contributed by atoms with Gasteiger partial charge in [0.1, 0.15) is 19.3 Å². The Morgan fingerprint density at radius 2 is 1.38 bits per heavy atom. The Morgan fingerprint density at radius 1 is 0.880 bits per heavy atom. The van der Waals surface area contributed by atoms with Crippen LogP contribution in [0, 0.1) is 0 Å². The standard InChI is InChI=1S/C18H24N2O5.C12H16N2O3.C6H10O2/c1-18(2,15-11-14(25-20-15)9-10-16(21)23-3)19-17(22)24-12-13-7-5-4-6-8-13;1-12(2,9-13-16)14-11(15)17-8-10-6-4-3-5-7-10;1-3-4-5-6(7)8-2/h4-8,14H,9-12H2,1-3H3,(H,19,22);3-7,9,16H,8H2,1-2H3,(H,14,15);3H,1,4-5H2,2H3/b;13-9+;. The first-order valence-corrected chi connectivity index (χ1v) is 15.9. The molecule has 2 aromatic carbocycles. The number of nitrogens with one attached hydrogen (secondary N) is 2. The normalized spacial score (nSPS) is 13.5. The Balaban J connectivity index is 0.000000430. The highest BCUT2D eigenvalue weighted by Gasteiger charge is 2.34. The molecule has 0 bridgehead atoms. The number of carbonyl (C=O) groups is 4. The van der Waals surface area contributed by atoms with Crippen LogP contribution >= 0.6 is 0 Å². The molecule has 14 heteroatoms. The topological polar surface area (TPSA) is 183 Å². The summed E-state index contributed by atoms with van der Waals surface area (Å²) in [4.78, 5) is 50.3. The van der Waals surface area contributed by atoms with Gasteiger partial charge in [-0.05, 0) is 51.7 Å². The second-order valence-corrected chi connectivity index (χ2v) is 12.0. The fourth-order valence-corrected chi connectivity index (χ4v) is 3.94. The van der Waals surface area contributed by atoms with Gasteiger partial charge in [-0.3, -0.25) is 9.59 Å². The molecule has 0 spiro atoms. The monoisotopic (exact) mass is 698 g/mol. The summed E-state index contributed by atoms with van der Waals surface area (Å²) < 4.78 is 19.2. The maximum Gasteiger partial charge on any atom is 0.408 e. The molecule has 1 unspecified atom stereocenters. The molecule has 3 N–H and O–H groups in total. The molecule has 1 atom stereocenters. The summed E-state index contributed by atoms with van der Waals surface area (Å²) in [6, 6.07) is 18.8. The summed E-state index contributed by atoms with van der Waals surface area (Å²) in [7, 11) is 2.74. The van der Waals surface area contributed by atoms with Crippen molar-refractivity contribution in [1.29, 1.82) is 0 Å². The van der Waals surface area contributed by atoms with E-state index in [4.69, 9.17) is 19.5 Å². The van der Waals surface area contributed by atoms with Crippen LogP contribution in [0.5, 0.6) is 0 Å². The van der Waals surface area contributed by atoms with Crippen LogP contribution in [0.2, 0.25) is 0 Å². The lowest BCUT2D eigenvalue weighted by Gasteiger charge is -2.25. The molecule has 2 aromatic rings. The maximum atomic E-state index is 12.0. The number of benzene rings is 2. The van der Waals surface area contributed by atoms with E-state index in [0.717, 1.165) is 11.1 Å². The molecule has 0 saturated carbocycles. The lowest BCUT2D eigenvalue weighted by molar-refractivity contribution is -0.141. The van der Waals surface area contributed by atoms with Gasteiger partial charge in [0, 0.05) is 19.3 Å². The molecule has 274 valence electrons. The first kappa shape index (κ1) is 42.6. The molecular weight excluding hydrogens is 648 g/mol. The number of rotatable bonds is 14. The highest BCUT2D eigenvalue weighted by molar-refractivity contribution is 5.96. The Bertz CT molecular complexity index is 1400. The van der Waals surface area contributed by atoms with Gasteiger partial charge in [-0.1, -0.05) is 77.1 Å². The van der Waals surface area contributed by atoms with Gasteiger partial charge in [0.15, 0.2) is 0 Å².